The van der Waals surface area contributed by atoms with Crippen LogP contribution in [0.5, 0.6) is 5.75 Å². The molecule has 1 aromatic rings. The van der Waals surface area contributed by atoms with Gasteiger partial charge in [0.1, 0.15) is 10.1 Å². The van der Waals surface area contributed by atoms with Crippen LogP contribution in [0.3, 0.4) is 0 Å². The van der Waals surface area contributed by atoms with E-state index in [9.17, 15) is 4.79 Å². The maximum absolute atomic E-state index is 12.4. The van der Waals surface area contributed by atoms with Gasteiger partial charge in [0, 0.05) is 0 Å². The Labute approximate surface area is 136 Å². The molecule has 5 heteroatoms. The second-order valence-corrected chi connectivity index (χ2v) is 7.67. The number of alkyl halides is 2. The van der Waals surface area contributed by atoms with Crippen LogP contribution in [0, 0.1) is 11.3 Å². The summed E-state index contributed by atoms with van der Waals surface area (Å²) in [5.74, 6) is 0.953. The molecular formula is C16H21Cl2NO2. The fraction of sp³-hybridized carbons (Fsp3) is 0.562. The highest BCUT2D eigenvalue weighted by molar-refractivity contribution is 6.53. The summed E-state index contributed by atoms with van der Waals surface area (Å²) in [4.78, 5) is 12.4. The van der Waals surface area contributed by atoms with E-state index in [0.717, 1.165) is 11.3 Å². The lowest BCUT2D eigenvalue weighted by Crippen LogP contribution is -2.38. The number of halogens is 2. The predicted molar refractivity (Wildman–Crippen MR) is 85.9 cm³/mol. The van der Waals surface area contributed by atoms with Gasteiger partial charge in [0.2, 0.25) is 5.91 Å². The van der Waals surface area contributed by atoms with Gasteiger partial charge in [-0.1, -0.05) is 26.0 Å². The highest BCUT2D eigenvalue weighted by Crippen LogP contribution is 2.64. The molecule has 3 nitrogen and oxygen atoms in total. The molecule has 1 aliphatic rings. The average molecular weight is 330 g/mol. The van der Waals surface area contributed by atoms with Crippen molar-refractivity contribution in [2.45, 2.75) is 37.6 Å². The third kappa shape index (κ3) is 3.14. The maximum atomic E-state index is 12.4. The molecule has 1 fully saturated rings. The number of benzene rings is 1. The maximum Gasteiger partial charge on any atom is 0.229 e. The largest absolute Gasteiger partial charge is 0.497 e. The molecule has 21 heavy (non-hydrogen) atoms. The summed E-state index contributed by atoms with van der Waals surface area (Å²) in [7, 11) is 1.63. The summed E-state index contributed by atoms with van der Waals surface area (Å²) < 4.78 is 4.21. The minimum Gasteiger partial charge on any atom is -0.497 e. The Morgan fingerprint density at radius 2 is 1.81 bits per heavy atom. The second-order valence-electron chi connectivity index (χ2n) is 6.18. The van der Waals surface area contributed by atoms with Gasteiger partial charge in [-0.25, -0.2) is 0 Å². The fourth-order valence-electron chi connectivity index (χ4n) is 2.39. The van der Waals surface area contributed by atoms with E-state index >= 15 is 0 Å². The zero-order valence-electron chi connectivity index (χ0n) is 12.7. The van der Waals surface area contributed by atoms with E-state index in [-0.39, 0.29) is 17.9 Å². The minimum absolute atomic E-state index is 0.0787. The van der Waals surface area contributed by atoms with Crippen LogP contribution in [0.2, 0.25) is 0 Å². The molecule has 2 rings (SSSR count). The number of carbonyl (C=O) groups is 1. The number of nitrogens with one attached hydrogen (secondary N) is 1. The Hall–Kier alpha value is -0.930. The molecule has 0 spiro atoms. The zero-order valence-corrected chi connectivity index (χ0v) is 14.3. The lowest BCUT2D eigenvalue weighted by molar-refractivity contribution is -0.126. The highest BCUT2D eigenvalue weighted by Gasteiger charge is 2.68. The van der Waals surface area contributed by atoms with Crippen molar-refractivity contribution in [1.29, 1.82) is 0 Å². The Bertz CT molecular complexity index is 528. The van der Waals surface area contributed by atoms with Crippen LogP contribution in [-0.4, -0.2) is 17.4 Å². The van der Waals surface area contributed by atoms with E-state index in [1.54, 1.807) is 14.0 Å². The minimum atomic E-state index is -0.946. The number of methoxy groups -OCH3 is 1. The Morgan fingerprint density at radius 3 is 2.19 bits per heavy atom. The van der Waals surface area contributed by atoms with Crippen LogP contribution < -0.4 is 10.1 Å². The third-order valence-corrected chi connectivity index (χ3v) is 5.29. The predicted octanol–water partition coefficient (Wildman–Crippen LogP) is 4.09. The molecule has 0 unspecified atom stereocenters. The summed E-state index contributed by atoms with van der Waals surface area (Å²) in [6.45, 7) is 5.94. The molecule has 0 bridgehead atoms. The summed E-state index contributed by atoms with van der Waals surface area (Å²) in [6.07, 6.45) is 0.488. The van der Waals surface area contributed by atoms with Crippen LogP contribution in [-0.2, 0) is 4.79 Å². The molecule has 1 amide bonds. The molecule has 1 aliphatic carbocycles. The quantitative estimate of drug-likeness (QED) is 0.826. The van der Waals surface area contributed by atoms with Gasteiger partial charge in [-0.05, 0) is 37.0 Å². The molecule has 0 heterocycles. The third-order valence-electron chi connectivity index (χ3n) is 4.19. The zero-order chi connectivity index (χ0) is 15.8. The Morgan fingerprint density at radius 1 is 1.29 bits per heavy atom. The first-order valence-electron chi connectivity index (χ1n) is 7.04. The van der Waals surface area contributed by atoms with E-state index in [1.165, 1.54) is 0 Å². The standard InChI is InChI=1S/C16H21Cl2NO2/c1-10(2)13(11-5-7-12(21-4)8-6-11)19-14(20)15(3)9-16(15,17)18/h5-8,10,13H,9H2,1-4H3,(H,19,20)/t13-,15+/m1/s1. The molecule has 0 radical (unpaired) electrons. The van der Waals surface area contributed by atoms with Gasteiger partial charge in [0.15, 0.2) is 0 Å². The summed E-state index contributed by atoms with van der Waals surface area (Å²) in [5, 5.41) is 3.08. The molecule has 1 aromatic carbocycles. The van der Waals surface area contributed by atoms with E-state index < -0.39 is 9.75 Å². The lowest BCUT2D eigenvalue weighted by Gasteiger charge is -2.25. The van der Waals surface area contributed by atoms with Crippen LogP contribution in [0.4, 0.5) is 0 Å². The first-order valence-corrected chi connectivity index (χ1v) is 7.79. The van der Waals surface area contributed by atoms with Gasteiger partial charge in [0.25, 0.3) is 0 Å². The first-order chi connectivity index (χ1) is 9.71. The Balaban J connectivity index is 2.14. The van der Waals surface area contributed by atoms with Gasteiger partial charge < -0.3 is 10.1 Å². The number of rotatable bonds is 5. The van der Waals surface area contributed by atoms with Crippen molar-refractivity contribution in [2.24, 2.45) is 11.3 Å². The van der Waals surface area contributed by atoms with Crippen molar-refractivity contribution in [2.75, 3.05) is 7.11 Å². The number of hydrogen-bond acceptors (Lipinski definition) is 2. The lowest BCUT2D eigenvalue weighted by atomic mass is 9.95. The van der Waals surface area contributed by atoms with E-state index in [4.69, 9.17) is 27.9 Å². The summed E-state index contributed by atoms with van der Waals surface area (Å²) >= 11 is 12.2. The molecule has 116 valence electrons. The van der Waals surface area contributed by atoms with E-state index in [0.29, 0.717) is 6.42 Å². The number of carbonyl (C=O) groups excluding carboxylic acids is 1. The molecule has 0 aliphatic heterocycles. The fourth-order valence-corrected chi connectivity index (χ4v) is 3.10. The van der Waals surface area contributed by atoms with Gasteiger partial charge in [-0.2, -0.15) is 0 Å². The highest BCUT2D eigenvalue weighted by atomic mass is 35.5. The van der Waals surface area contributed by atoms with E-state index in [2.05, 4.69) is 19.2 Å². The van der Waals surface area contributed by atoms with Crippen molar-refractivity contribution in [3.05, 3.63) is 29.8 Å². The van der Waals surface area contributed by atoms with Crippen LogP contribution in [0.25, 0.3) is 0 Å². The van der Waals surface area contributed by atoms with Crippen LogP contribution in [0.15, 0.2) is 24.3 Å². The van der Waals surface area contributed by atoms with Crippen molar-refractivity contribution >= 4 is 29.1 Å². The van der Waals surface area contributed by atoms with Crippen LogP contribution >= 0.6 is 23.2 Å². The van der Waals surface area contributed by atoms with Crippen molar-refractivity contribution < 1.29 is 9.53 Å². The van der Waals surface area contributed by atoms with Crippen molar-refractivity contribution in [3.63, 3.8) is 0 Å². The Kier molecular flexibility index (Phi) is 4.46. The van der Waals surface area contributed by atoms with Gasteiger partial charge in [-0.3, -0.25) is 4.79 Å². The first kappa shape index (κ1) is 16.4. The van der Waals surface area contributed by atoms with E-state index in [1.807, 2.05) is 24.3 Å². The van der Waals surface area contributed by atoms with Crippen molar-refractivity contribution in [3.8, 4) is 5.75 Å². The van der Waals surface area contributed by atoms with Crippen LogP contribution in [0.1, 0.15) is 38.8 Å². The molecule has 0 saturated heterocycles. The van der Waals surface area contributed by atoms with Gasteiger partial charge >= 0.3 is 0 Å². The molecule has 2 atom stereocenters. The average Bonchev–Trinajstić information content (AvgIpc) is 2.96. The number of hydrogen-bond donors (Lipinski definition) is 1. The number of ether oxygens (including phenoxy) is 1. The molecule has 1 N–H and O–H groups in total. The normalized spacial score (nSPS) is 24.5. The molecule has 0 aromatic heterocycles. The summed E-state index contributed by atoms with van der Waals surface area (Å²) in [5.41, 5.74) is 0.341. The summed E-state index contributed by atoms with van der Waals surface area (Å²) in [6, 6.07) is 7.64. The second kappa shape index (κ2) is 5.69. The molecular weight excluding hydrogens is 309 g/mol. The smallest absolute Gasteiger partial charge is 0.229 e. The molecule has 1 saturated carbocycles. The number of amides is 1. The van der Waals surface area contributed by atoms with Gasteiger partial charge in [-0.15, -0.1) is 23.2 Å². The topological polar surface area (TPSA) is 38.3 Å². The monoisotopic (exact) mass is 329 g/mol. The SMILES string of the molecule is COc1ccc([C@H](NC(=O)[C@]2(C)CC2(Cl)Cl)C(C)C)cc1. The van der Waals surface area contributed by atoms with Gasteiger partial charge in [0.05, 0.1) is 18.6 Å². The van der Waals surface area contributed by atoms with Crippen molar-refractivity contribution in [1.82, 2.24) is 5.32 Å².